The van der Waals surface area contributed by atoms with Gasteiger partial charge in [0.15, 0.2) is 0 Å². The predicted octanol–water partition coefficient (Wildman–Crippen LogP) is 2.33. The van der Waals surface area contributed by atoms with Crippen molar-refractivity contribution < 1.29 is 21.2 Å². The van der Waals surface area contributed by atoms with Crippen molar-refractivity contribution in [3.8, 4) is 0 Å². The van der Waals surface area contributed by atoms with Gasteiger partial charge in [-0.2, -0.15) is 4.31 Å². The first-order chi connectivity index (χ1) is 12.2. The molecular weight excluding hydrogens is 379 g/mol. The average Bonchev–Trinajstić information content (AvgIpc) is 2.60. The lowest BCUT2D eigenvalue weighted by molar-refractivity contribution is 0.282. The van der Waals surface area contributed by atoms with Gasteiger partial charge in [-0.3, -0.25) is 0 Å². The van der Waals surface area contributed by atoms with Crippen LogP contribution in [0.2, 0.25) is 0 Å². The number of sulfonamides is 2. The molecule has 0 aromatic heterocycles. The van der Waals surface area contributed by atoms with Crippen molar-refractivity contribution in [3.05, 3.63) is 30.1 Å². The molecule has 148 valence electrons. The topological polar surface area (TPSA) is 83.6 Å². The molecule has 6 nitrogen and oxygen atoms in total. The number of nitrogens with zero attached hydrogens (tertiary/aromatic N) is 1. The van der Waals surface area contributed by atoms with Crippen LogP contribution in [0.5, 0.6) is 0 Å². The summed E-state index contributed by atoms with van der Waals surface area (Å²) in [5, 5.41) is 0. The lowest BCUT2D eigenvalue weighted by Crippen LogP contribution is -2.44. The highest BCUT2D eigenvalue weighted by Gasteiger charge is 2.28. The van der Waals surface area contributed by atoms with Crippen LogP contribution < -0.4 is 4.72 Å². The molecule has 0 heterocycles. The smallest absolute Gasteiger partial charge is 0.212 e. The summed E-state index contributed by atoms with van der Waals surface area (Å²) in [5.41, 5.74) is 0. The van der Waals surface area contributed by atoms with Crippen LogP contribution in [0.3, 0.4) is 0 Å². The molecule has 0 radical (unpaired) electrons. The van der Waals surface area contributed by atoms with Crippen molar-refractivity contribution in [2.24, 2.45) is 5.92 Å². The van der Waals surface area contributed by atoms with Crippen molar-refractivity contribution in [2.75, 3.05) is 19.3 Å². The summed E-state index contributed by atoms with van der Waals surface area (Å²) < 4.78 is 66.4. The van der Waals surface area contributed by atoms with Gasteiger partial charge in [-0.05, 0) is 43.0 Å². The fraction of sp³-hybridized carbons (Fsp3) is 0.647. The summed E-state index contributed by atoms with van der Waals surface area (Å²) in [7, 11) is -6.11. The van der Waals surface area contributed by atoms with Crippen LogP contribution >= 0.6 is 0 Å². The predicted molar refractivity (Wildman–Crippen MR) is 99.2 cm³/mol. The number of halogens is 1. The highest BCUT2D eigenvalue weighted by molar-refractivity contribution is 7.90. The molecule has 1 fully saturated rings. The van der Waals surface area contributed by atoms with Crippen LogP contribution in [0.4, 0.5) is 4.39 Å². The van der Waals surface area contributed by atoms with Crippen molar-refractivity contribution in [2.45, 2.75) is 50.0 Å². The largest absolute Gasteiger partial charge is 0.242 e. The molecule has 1 aliphatic carbocycles. The summed E-state index contributed by atoms with van der Waals surface area (Å²) >= 11 is 0. The molecule has 1 N–H and O–H groups in total. The van der Waals surface area contributed by atoms with E-state index < -0.39 is 25.9 Å². The monoisotopic (exact) mass is 406 g/mol. The average molecular weight is 407 g/mol. The molecule has 0 amide bonds. The summed E-state index contributed by atoms with van der Waals surface area (Å²) in [6.45, 7) is 1.89. The first-order valence-corrected chi connectivity index (χ1v) is 12.0. The van der Waals surface area contributed by atoms with E-state index in [1.807, 2.05) is 0 Å². The summed E-state index contributed by atoms with van der Waals surface area (Å²) in [4.78, 5) is -0.0647. The van der Waals surface area contributed by atoms with Gasteiger partial charge in [-0.15, -0.1) is 0 Å². The standard InChI is InChI=1S/C17H27FN2O4S2/c1-3-14-6-4-5-7-17(14)19-25(21,22)13-12-20(2)26(23,24)16-10-8-15(18)9-11-16/h8-11,14,17,19H,3-7,12-13H2,1-2H3. The van der Waals surface area contributed by atoms with Crippen molar-refractivity contribution >= 4 is 20.0 Å². The quantitative estimate of drug-likeness (QED) is 0.718. The van der Waals surface area contributed by atoms with Crippen LogP contribution in [-0.2, 0) is 20.0 Å². The van der Waals surface area contributed by atoms with E-state index in [0.717, 1.165) is 48.5 Å². The SMILES string of the molecule is CCC1CCCCC1NS(=O)(=O)CCN(C)S(=O)(=O)c1ccc(F)cc1. The zero-order valence-corrected chi connectivity index (χ0v) is 16.8. The zero-order valence-electron chi connectivity index (χ0n) is 15.2. The van der Waals surface area contributed by atoms with Gasteiger partial charge in [0, 0.05) is 19.6 Å². The molecule has 0 saturated heterocycles. The molecule has 1 aliphatic rings. The van der Waals surface area contributed by atoms with E-state index in [1.165, 1.54) is 19.2 Å². The molecule has 2 unspecified atom stereocenters. The molecule has 0 bridgehead atoms. The van der Waals surface area contributed by atoms with Crippen LogP contribution in [0.25, 0.3) is 0 Å². The molecular formula is C17H27FN2O4S2. The summed E-state index contributed by atoms with van der Waals surface area (Å²) in [6, 6.07) is 4.39. The van der Waals surface area contributed by atoms with E-state index in [1.54, 1.807) is 0 Å². The Morgan fingerprint density at radius 2 is 1.73 bits per heavy atom. The molecule has 26 heavy (non-hydrogen) atoms. The fourth-order valence-electron chi connectivity index (χ4n) is 3.30. The van der Waals surface area contributed by atoms with E-state index in [9.17, 15) is 21.2 Å². The highest BCUT2D eigenvalue weighted by Crippen LogP contribution is 2.27. The second kappa shape index (κ2) is 8.77. The van der Waals surface area contributed by atoms with Crippen molar-refractivity contribution in [3.63, 3.8) is 0 Å². The number of benzene rings is 1. The van der Waals surface area contributed by atoms with E-state index in [4.69, 9.17) is 0 Å². The third-order valence-electron chi connectivity index (χ3n) is 4.96. The number of hydrogen-bond acceptors (Lipinski definition) is 4. The number of hydrogen-bond donors (Lipinski definition) is 1. The maximum absolute atomic E-state index is 13.0. The Hall–Kier alpha value is -1.03. The van der Waals surface area contributed by atoms with E-state index in [2.05, 4.69) is 11.6 Å². The molecule has 1 saturated carbocycles. The zero-order chi connectivity index (χ0) is 19.4. The highest BCUT2D eigenvalue weighted by atomic mass is 32.2. The number of rotatable bonds is 8. The molecule has 1 aromatic carbocycles. The van der Waals surface area contributed by atoms with Gasteiger partial charge >= 0.3 is 0 Å². The Labute approximate surface area is 155 Å². The van der Waals surface area contributed by atoms with E-state index in [0.29, 0.717) is 5.92 Å². The molecule has 1 aromatic rings. The minimum absolute atomic E-state index is 0.0647. The third kappa shape index (κ3) is 5.48. The van der Waals surface area contributed by atoms with Gasteiger partial charge in [0.25, 0.3) is 0 Å². The van der Waals surface area contributed by atoms with Gasteiger partial charge in [0.2, 0.25) is 20.0 Å². The Bertz CT molecular complexity index is 795. The third-order valence-corrected chi connectivity index (χ3v) is 8.21. The van der Waals surface area contributed by atoms with Gasteiger partial charge in [-0.25, -0.2) is 25.9 Å². The maximum Gasteiger partial charge on any atom is 0.242 e. The van der Waals surface area contributed by atoms with Gasteiger partial charge < -0.3 is 0 Å². The van der Waals surface area contributed by atoms with Crippen LogP contribution in [0.1, 0.15) is 39.0 Å². The minimum atomic E-state index is -3.85. The Kier molecular flexibility index (Phi) is 7.18. The Morgan fingerprint density at radius 3 is 2.35 bits per heavy atom. The minimum Gasteiger partial charge on any atom is -0.212 e. The number of nitrogens with one attached hydrogen (secondary N) is 1. The first kappa shape index (κ1) is 21.3. The van der Waals surface area contributed by atoms with Crippen LogP contribution in [-0.4, -0.2) is 46.5 Å². The molecule has 2 rings (SSSR count). The second-order valence-corrected chi connectivity index (χ2v) is 10.7. The summed E-state index contributed by atoms with van der Waals surface area (Å²) in [6.07, 6.45) is 4.88. The molecule has 0 aliphatic heterocycles. The van der Waals surface area contributed by atoms with Gasteiger partial charge in [0.1, 0.15) is 5.82 Å². The van der Waals surface area contributed by atoms with Crippen LogP contribution in [0.15, 0.2) is 29.2 Å². The Balaban J connectivity index is 1.98. The van der Waals surface area contributed by atoms with E-state index in [-0.39, 0.29) is 23.2 Å². The lowest BCUT2D eigenvalue weighted by Gasteiger charge is -2.31. The lowest BCUT2D eigenvalue weighted by atomic mass is 9.83. The first-order valence-electron chi connectivity index (χ1n) is 8.87. The van der Waals surface area contributed by atoms with Gasteiger partial charge in [0.05, 0.1) is 10.6 Å². The molecule has 0 spiro atoms. The second-order valence-electron chi connectivity index (χ2n) is 6.78. The molecule has 9 heteroatoms. The van der Waals surface area contributed by atoms with E-state index >= 15 is 0 Å². The van der Waals surface area contributed by atoms with Crippen molar-refractivity contribution in [1.82, 2.24) is 9.03 Å². The molecule has 2 atom stereocenters. The van der Waals surface area contributed by atoms with Crippen LogP contribution in [0, 0.1) is 11.7 Å². The summed E-state index contributed by atoms with van der Waals surface area (Å²) in [5.74, 6) is -0.507. The maximum atomic E-state index is 13.0. The normalized spacial score (nSPS) is 21.8. The fourth-order valence-corrected chi connectivity index (χ4v) is 5.99. The Morgan fingerprint density at radius 1 is 1.12 bits per heavy atom. The van der Waals surface area contributed by atoms with Gasteiger partial charge in [-0.1, -0.05) is 26.2 Å². The van der Waals surface area contributed by atoms with Crippen molar-refractivity contribution in [1.29, 1.82) is 0 Å².